The maximum atomic E-state index is 12.1. The average Bonchev–Trinajstić information content (AvgIpc) is 2.81. The van der Waals surface area contributed by atoms with Crippen LogP contribution in [0.25, 0.3) is 10.2 Å². The Morgan fingerprint density at radius 2 is 2.00 bits per heavy atom. The monoisotopic (exact) mass is 321 g/mol. The maximum Gasteiger partial charge on any atom is 0.348 e. The molecule has 0 bridgehead atoms. The number of unbranched alkanes of at least 4 members (excludes halogenated alkanes) is 1. The molecule has 120 valence electrons. The van der Waals surface area contributed by atoms with Gasteiger partial charge in [0.15, 0.2) is 0 Å². The number of esters is 1. The van der Waals surface area contributed by atoms with Gasteiger partial charge in [0.25, 0.3) is 0 Å². The van der Waals surface area contributed by atoms with Crippen LogP contribution < -0.4 is 4.90 Å². The number of fused-ring (bicyclic) bond motifs is 1. The van der Waals surface area contributed by atoms with Crippen LogP contribution in [0.15, 0.2) is 0 Å². The topological polar surface area (TPSA) is 55.3 Å². The second-order valence-electron chi connectivity index (χ2n) is 5.33. The lowest BCUT2D eigenvalue weighted by Gasteiger charge is -2.19. The molecule has 0 atom stereocenters. The Morgan fingerprint density at radius 3 is 2.64 bits per heavy atom. The first kappa shape index (κ1) is 16.7. The van der Waals surface area contributed by atoms with E-state index in [-0.39, 0.29) is 5.97 Å². The Kier molecular flexibility index (Phi) is 5.34. The fourth-order valence-electron chi connectivity index (χ4n) is 2.39. The molecule has 0 unspecified atom stereocenters. The van der Waals surface area contributed by atoms with Gasteiger partial charge in [0.2, 0.25) is 0 Å². The number of thiophene rings is 1. The van der Waals surface area contributed by atoms with Crippen molar-refractivity contribution in [3.05, 3.63) is 16.3 Å². The van der Waals surface area contributed by atoms with Crippen molar-refractivity contribution in [3.8, 4) is 0 Å². The van der Waals surface area contributed by atoms with E-state index in [2.05, 4.69) is 21.8 Å². The van der Waals surface area contributed by atoms with Crippen molar-refractivity contribution in [3.63, 3.8) is 0 Å². The van der Waals surface area contributed by atoms with Gasteiger partial charge >= 0.3 is 5.97 Å². The molecule has 0 saturated carbocycles. The largest absolute Gasteiger partial charge is 0.462 e. The summed E-state index contributed by atoms with van der Waals surface area (Å²) in [5.41, 5.74) is 0.914. The zero-order chi connectivity index (χ0) is 16.3. The highest BCUT2D eigenvalue weighted by Crippen LogP contribution is 2.35. The normalized spacial score (nSPS) is 11.0. The van der Waals surface area contributed by atoms with Crippen LogP contribution in [0, 0.1) is 13.8 Å². The molecule has 2 aromatic heterocycles. The molecule has 2 aromatic rings. The van der Waals surface area contributed by atoms with Crippen LogP contribution in [0.4, 0.5) is 5.82 Å². The number of ether oxygens (including phenoxy) is 1. The molecule has 0 saturated heterocycles. The minimum atomic E-state index is -0.275. The van der Waals surface area contributed by atoms with Gasteiger partial charge in [-0.3, -0.25) is 0 Å². The number of aromatic nitrogens is 2. The van der Waals surface area contributed by atoms with Gasteiger partial charge in [-0.2, -0.15) is 0 Å². The number of aryl methyl sites for hydroxylation is 2. The fraction of sp³-hybridized carbons (Fsp3) is 0.562. The summed E-state index contributed by atoms with van der Waals surface area (Å²) in [5, 5.41) is 0.970. The average molecular weight is 321 g/mol. The van der Waals surface area contributed by atoms with Gasteiger partial charge in [-0.15, -0.1) is 11.3 Å². The Hall–Kier alpha value is -1.69. The predicted molar refractivity (Wildman–Crippen MR) is 91.0 cm³/mol. The number of carbonyl (C=O) groups is 1. The lowest BCUT2D eigenvalue weighted by molar-refractivity contribution is 0.0531. The number of hydrogen-bond donors (Lipinski definition) is 0. The van der Waals surface area contributed by atoms with Crippen LogP contribution in [0.3, 0.4) is 0 Å². The zero-order valence-electron chi connectivity index (χ0n) is 13.9. The van der Waals surface area contributed by atoms with Crippen molar-refractivity contribution in [2.75, 3.05) is 25.1 Å². The molecule has 0 aliphatic carbocycles. The molecule has 0 aliphatic rings. The molecule has 0 aromatic carbocycles. The van der Waals surface area contributed by atoms with E-state index in [0.717, 1.165) is 46.8 Å². The first-order valence-corrected chi connectivity index (χ1v) is 8.47. The van der Waals surface area contributed by atoms with Gasteiger partial charge in [-0.1, -0.05) is 13.3 Å². The molecule has 0 fully saturated rings. The Bertz CT molecular complexity index is 682. The van der Waals surface area contributed by atoms with E-state index >= 15 is 0 Å². The molecule has 0 spiro atoms. The molecule has 2 rings (SSSR count). The first-order chi connectivity index (χ1) is 10.5. The second-order valence-corrected chi connectivity index (χ2v) is 6.33. The molecule has 2 heterocycles. The standard InChI is InChI=1S/C16H23N3O2S/c1-6-8-9-19(5)14-12-10(3)13(16(20)21-7-2)22-15(12)18-11(4)17-14/h6-9H2,1-5H3. The summed E-state index contributed by atoms with van der Waals surface area (Å²) < 4.78 is 5.14. The van der Waals surface area contributed by atoms with Crippen LogP contribution >= 0.6 is 11.3 Å². The van der Waals surface area contributed by atoms with Crippen LogP contribution in [-0.4, -0.2) is 36.1 Å². The van der Waals surface area contributed by atoms with Gasteiger partial charge in [0.1, 0.15) is 21.3 Å². The van der Waals surface area contributed by atoms with Crippen molar-refractivity contribution in [2.45, 2.75) is 40.5 Å². The number of nitrogens with zero attached hydrogens (tertiary/aromatic N) is 3. The number of anilines is 1. The van der Waals surface area contributed by atoms with Gasteiger partial charge in [0.05, 0.1) is 12.0 Å². The summed E-state index contributed by atoms with van der Waals surface area (Å²) in [5.74, 6) is 1.35. The van der Waals surface area contributed by atoms with E-state index in [0.29, 0.717) is 11.5 Å². The van der Waals surface area contributed by atoms with Crippen LogP contribution in [0.5, 0.6) is 0 Å². The summed E-state index contributed by atoms with van der Waals surface area (Å²) in [6.45, 7) is 9.13. The molecule has 0 amide bonds. The molecule has 0 radical (unpaired) electrons. The molecule has 6 heteroatoms. The van der Waals surface area contributed by atoms with Gasteiger partial charge in [-0.05, 0) is 32.8 Å². The summed E-state index contributed by atoms with van der Waals surface area (Å²) in [6.07, 6.45) is 2.24. The Morgan fingerprint density at radius 1 is 1.27 bits per heavy atom. The lowest BCUT2D eigenvalue weighted by Crippen LogP contribution is -2.20. The fourth-order valence-corrected chi connectivity index (χ4v) is 3.51. The van der Waals surface area contributed by atoms with Crippen molar-refractivity contribution in [2.24, 2.45) is 0 Å². The van der Waals surface area contributed by atoms with E-state index < -0.39 is 0 Å². The van der Waals surface area contributed by atoms with Gasteiger partial charge in [0, 0.05) is 13.6 Å². The van der Waals surface area contributed by atoms with Gasteiger partial charge < -0.3 is 9.64 Å². The third kappa shape index (κ3) is 3.21. The predicted octanol–water partition coefficient (Wildman–Crippen LogP) is 3.72. The van der Waals surface area contributed by atoms with Crippen molar-refractivity contribution in [1.29, 1.82) is 0 Å². The molecule has 0 aliphatic heterocycles. The van der Waals surface area contributed by atoms with Crippen LogP contribution in [0.1, 0.15) is 47.7 Å². The van der Waals surface area contributed by atoms with E-state index in [4.69, 9.17) is 4.74 Å². The van der Waals surface area contributed by atoms with Crippen molar-refractivity contribution in [1.82, 2.24) is 9.97 Å². The minimum Gasteiger partial charge on any atom is -0.462 e. The molecule has 22 heavy (non-hydrogen) atoms. The molecule has 5 nitrogen and oxygen atoms in total. The van der Waals surface area contributed by atoms with E-state index in [1.807, 2.05) is 27.8 Å². The summed E-state index contributed by atoms with van der Waals surface area (Å²) in [6, 6.07) is 0. The number of hydrogen-bond acceptors (Lipinski definition) is 6. The van der Waals surface area contributed by atoms with Crippen LogP contribution in [0.2, 0.25) is 0 Å². The van der Waals surface area contributed by atoms with E-state index in [9.17, 15) is 4.79 Å². The smallest absolute Gasteiger partial charge is 0.348 e. The summed E-state index contributed by atoms with van der Waals surface area (Å²) >= 11 is 1.39. The molecular weight excluding hydrogens is 298 g/mol. The Labute approximate surface area is 135 Å². The minimum absolute atomic E-state index is 0.275. The quantitative estimate of drug-likeness (QED) is 0.759. The lowest BCUT2D eigenvalue weighted by atomic mass is 10.2. The third-order valence-electron chi connectivity index (χ3n) is 3.55. The highest BCUT2D eigenvalue weighted by atomic mass is 32.1. The van der Waals surface area contributed by atoms with Crippen molar-refractivity contribution >= 4 is 33.3 Å². The summed E-state index contributed by atoms with van der Waals surface area (Å²) in [7, 11) is 2.04. The molecular formula is C16H23N3O2S. The van der Waals surface area contributed by atoms with E-state index in [1.54, 1.807) is 0 Å². The SMILES string of the molecule is CCCCN(C)c1nc(C)nc2sc(C(=O)OCC)c(C)c12. The second kappa shape index (κ2) is 7.05. The molecule has 0 N–H and O–H groups in total. The van der Waals surface area contributed by atoms with E-state index in [1.165, 1.54) is 11.3 Å². The van der Waals surface area contributed by atoms with Gasteiger partial charge in [-0.25, -0.2) is 14.8 Å². The number of carbonyl (C=O) groups excluding carboxylic acids is 1. The first-order valence-electron chi connectivity index (χ1n) is 7.65. The highest BCUT2D eigenvalue weighted by molar-refractivity contribution is 7.20. The number of rotatable bonds is 6. The van der Waals surface area contributed by atoms with Crippen molar-refractivity contribution < 1.29 is 9.53 Å². The Balaban J connectivity index is 2.54. The summed E-state index contributed by atoms with van der Waals surface area (Å²) in [4.78, 5) is 24.8. The maximum absolute atomic E-state index is 12.1. The highest BCUT2D eigenvalue weighted by Gasteiger charge is 2.22. The van der Waals surface area contributed by atoms with Crippen LogP contribution in [-0.2, 0) is 4.74 Å². The third-order valence-corrected chi connectivity index (χ3v) is 4.72. The zero-order valence-corrected chi connectivity index (χ0v) is 14.7.